The Bertz CT molecular complexity index is 5150. The largest absolute Gasteiger partial charge is 0.172 e. The Labute approximate surface area is 719 Å². The number of fused-ring (bicyclic) bond motifs is 9. The number of rotatable bonds is 42. The van der Waals surface area contributed by atoms with Gasteiger partial charge in [-0.15, -0.1) is 90.7 Å². The first-order chi connectivity index (χ1) is 55.5. The lowest BCUT2D eigenvalue weighted by Crippen LogP contribution is -2.56. The van der Waals surface area contributed by atoms with Crippen molar-refractivity contribution in [2.45, 2.75) is 260 Å². The number of aryl methyl sites for hydroxylation is 2. The van der Waals surface area contributed by atoms with E-state index >= 15 is 0 Å². The van der Waals surface area contributed by atoms with E-state index in [0.29, 0.717) is 23.7 Å². The first-order valence-corrected chi connectivity index (χ1v) is 56.8. The van der Waals surface area contributed by atoms with Crippen LogP contribution in [0.3, 0.4) is 0 Å². The Kier molecular flexibility index (Phi) is 27.0. The van der Waals surface area contributed by atoms with Crippen molar-refractivity contribution < 1.29 is 0 Å². The smallest absolute Gasteiger partial charge is 0.122 e. The number of unbranched alkanes of at least 4 members (excludes halogenated alkanes) is 10. The van der Waals surface area contributed by atoms with Crippen molar-refractivity contribution >= 4 is 196 Å². The summed E-state index contributed by atoms with van der Waals surface area (Å²) in [7, 11) is -4.86. The van der Waals surface area contributed by atoms with Crippen molar-refractivity contribution in [1.82, 2.24) is 26.2 Å². The molecule has 4 unspecified atom stereocenters. The molecular weight excluding hydrogens is 1620 g/mol. The van der Waals surface area contributed by atoms with E-state index in [1.54, 1.807) is 20.7 Å². The van der Waals surface area contributed by atoms with Crippen LogP contribution in [-0.4, -0.2) is 42.4 Å². The van der Waals surface area contributed by atoms with Crippen LogP contribution >= 0.6 is 126 Å². The standard InChI is InChI=1S/C94H112N6S11Si2/c1-11-21-27-29-35-63-37-45-73(101-63)75-49-47-71(103-75)65-39-41-67(87-85(65)95-109-97-87)77-51-81-91(105-77)93-83(112(81,55-59(17-7)31-23-13-3)56-60(18-8)32-24-14-4)53-79(107-93)69-43-44-70(90-89(69)99-111-100-90)80-54-84-94(108-80)92-82(113(84,57-61(19-9)33-25-15-5)58-62(20-10)34-26-16-6)52-78(106-92)68-42-40-66(86-88(68)98-110-96-86)72-48-50-76(104-72)74-46-38-64(102-74)36-30-28-22-12-2/h37-54,59-62H,11-36,55-58H2,1-10H3. The van der Waals surface area contributed by atoms with Gasteiger partial charge in [0.2, 0.25) is 0 Å². The minimum Gasteiger partial charge on any atom is -0.172 e. The zero-order chi connectivity index (χ0) is 77.7. The van der Waals surface area contributed by atoms with Gasteiger partial charge in [0, 0.05) is 111 Å². The van der Waals surface area contributed by atoms with E-state index in [2.05, 4.69) is 224 Å². The molecule has 14 aromatic rings. The van der Waals surface area contributed by atoms with Crippen molar-refractivity contribution in [3.05, 3.63) is 119 Å². The molecule has 0 bridgehead atoms. The predicted molar refractivity (Wildman–Crippen MR) is 515 cm³/mol. The van der Waals surface area contributed by atoms with Crippen molar-refractivity contribution in [2.24, 2.45) is 23.7 Å². The number of aromatic nitrogens is 6. The molecule has 4 atom stereocenters. The van der Waals surface area contributed by atoms with Gasteiger partial charge < -0.3 is 0 Å². The lowest BCUT2D eigenvalue weighted by molar-refractivity contribution is 0.469. The van der Waals surface area contributed by atoms with Crippen LogP contribution in [0.1, 0.15) is 233 Å². The highest BCUT2D eigenvalue weighted by Gasteiger charge is 2.52. The molecule has 113 heavy (non-hydrogen) atoms. The van der Waals surface area contributed by atoms with Crippen LogP contribution in [0, 0.1) is 23.7 Å². The second-order valence-corrected chi connectivity index (χ2v) is 51.3. The van der Waals surface area contributed by atoms with E-state index in [1.165, 1.54) is 338 Å². The van der Waals surface area contributed by atoms with Crippen molar-refractivity contribution in [2.75, 3.05) is 0 Å². The van der Waals surface area contributed by atoms with Crippen molar-refractivity contribution in [3.8, 4) is 102 Å². The third-order valence-corrected chi connectivity index (χ3v) is 48.6. The summed E-state index contributed by atoms with van der Waals surface area (Å²) < 4.78 is 31.5. The van der Waals surface area contributed by atoms with Gasteiger partial charge in [0.05, 0.1) is 35.2 Å². The average Bonchev–Trinajstić information content (AvgIpc) is 1.54. The van der Waals surface area contributed by atoms with Gasteiger partial charge in [-0.05, 0) is 167 Å². The minimum atomic E-state index is -2.43. The van der Waals surface area contributed by atoms with Gasteiger partial charge in [0.1, 0.15) is 49.2 Å². The minimum absolute atomic E-state index is 0.680. The van der Waals surface area contributed by atoms with E-state index in [0.717, 1.165) is 33.1 Å². The Balaban J connectivity index is 0.780. The molecule has 592 valence electrons. The van der Waals surface area contributed by atoms with E-state index < -0.39 is 16.1 Å². The molecule has 0 spiro atoms. The highest BCUT2D eigenvalue weighted by atomic mass is 32.1. The van der Waals surface area contributed by atoms with E-state index in [-0.39, 0.29) is 0 Å². The van der Waals surface area contributed by atoms with Crippen LogP contribution in [0.15, 0.2) is 109 Å². The number of hydrogen-bond donors (Lipinski definition) is 0. The second kappa shape index (κ2) is 37.2. The van der Waals surface area contributed by atoms with Crippen LogP contribution in [-0.2, 0) is 12.8 Å². The summed E-state index contributed by atoms with van der Waals surface area (Å²) >= 11 is 20.2. The molecule has 19 heteroatoms. The number of hydrogen-bond acceptors (Lipinski definition) is 17. The molecule has 13 heterocycles. The zero-order valence-electron chi connectivity index (χ0n) is 68.1. The summed E-state index contributed by atoms with van der Waals surface area (Å²) in [5.74, 6) is 2.72. The maximum atomic E-state index is 5.41. The van der Waals surface area contributed by atoms with Gasteiger partial charge in [-0.3, -0.25) is 0 Å². The lowest BCUT2D eigenvalue weighted by atomic mass is 10.0. The molecule has 0 saturated carbocycles. The molecule has 11 aromatic heterocycles. The van der Waals surface area contributed by atoms with Gasteiger partial charge in [-0.2, -0.15) is 26.2 Å². The quantitative estimate of drug-likeness (QED) is 0.0280. The molecule has 0 fully saturated rings. The highest BCUT2D eigenvalue weighted by molar-refractivity contribution is 7.33. The summed E-state index contributed by atoms with van der Waals surface area (Å²) in [5, 5.41) is 6.83. The van der Waals surface area contributed by atoms with Gasteiger partial charge in [0.25, 0.3) is 0 Å². The molecule has 0 radical (unpaired) electrons. The normalized spacial score (nSPS) is 16.3. The van der Waals surface area contributed by atoms with Crippen LogP contribution in [0.25, 0.3) is 135 Å². The number of nitrogens with zero attached hydrogens (tertiary/aromatic N) is 6. The first-order valence-electron chi connectivity index (χ1n) is 43.2. The topological polar surface area (TPSA) is 77.3 Å². The fourth-order valence-electron chi connectivity index (χ4n) is 19.0. The molecule has 3 aromatic carbocycles. The molecule has 6 nitrogen and oxygen atoms in total. The molecule has 0 amide bonds. The monoisotopic (exact) mass is 1730 g/mol. The lowest BCUT2D eigenvalue weighted by Gasteiger charge is -2.35. The maximum Gasteiger partial charge on any atom is 0.122 e. The SMILES string of the molecule is CCCCCCc1ccc(-c2ccc(-c3ccc(-c4cc5c(s4)-c4sc(-c6ccc(-c7cc8c(s7)-c7sc(-c9ccc(-c%10ccc(-c%11ccc(CCCCCC)s%11)s%10)c%10nsnc9%10)cc7[Si]8(CC(CC)CCCC)CC(CC)CCCC)c7nsnc67)cc4[Si]5(CC(CC)CCCC)CC(CC)CCCC)c4nsnc34)s2)s1. The van der Waals surface area contributed by atoms with Gasteiger partial charge in [-0.1, -0.05) is 247 Å². The van der Waals surface area contributed by atoms with Gasteiger partial charge in [0.15, 0.2) is 0 Å². The van der Waals surface area contributed by atoms with Gasteiger partial charge in [-0.25, -0.2) is 0 Å². The van der Waals surface area contributed by atoms with Crippen LogP contribution < -0.4 is 20.7 Å². The third kappa shape index (κ3) is 16.5. The fraction of sp³-hybridized carbons (Fsp3) is 0.468. The maximum absolute atomic E-state index is 5.41. The predicted octanol–water partition coefficient (Wildman–Crippen LogP) is 31.7. The molecular formula is C94H112N6S11Si2. The second-order valence-electron chi connectivity index (χ2n) is 32.9. The number of thiophene rings is 8. The summed E-state index contributed by atoms with van der Waals surface area (Å²) in [6, 6.07) is 49.5. The molecule has 0 N–H and O–H groups in total. The summed E-state index contributed by atoms with van der Waals surface area (Å²) in [6.45, 7) is 24.2. The third-order valence-electron chi connectivity index (χ3n) is 25.5. The summed E-state index contributed by atoms with van der Waals surface area (Å²) in [6.07, 6.45) is 33.0. The van der Waals surface area contributed by atoms with E-state index in [9.17, 15) is 0 Å². The van der Waals surface area contributed by atoms with Crippen LogP contribution in [0.5, 0.6) is 0 Å². The average molecular weight is 1730 g/mol. The van der Waals surface area contributed by atoms with Crippen LogP contribution in [0.2, 0.25) is 24.2 Å². The zero-order valence-corrected chi connectivity index (χ0v) is 79.1. The van der Waals surface area contributed by atoms with Gasteiger partial charge >= 0.3 is 0 Å². The molecule has 2 aliphatic rings. The molecule has 0 saturated heterocycles. The first kappa shape index (κ1) is 81.9. The van der Waals surface area contributed by atoms with Crippen LogP contribution in [0.4, 0.5) is 0 Å². The van der Waals surface area contributed by atoms with E-state index in [4.69, 9.17) is 26.2 Å². The molecule has 16 rings (SSSR count). The van der Waals surface area contributed by atoms with Crippen molar-refractivity contribution in [3.63, 3.8) is 0 Å². The summed E-state index contributed by atoms with van der Waals surface area (Å²) in [5.41, 5.74) is 13.7. The Morgan fingerprint density at radius 2 is 0.496 bits per heavy atom. The molecule has 0 aliphatic carbocycles. The molecule has 2 aliphatic heterocycles. The Hall–Kier alpha value is -4.85. The van der Waals surface area contributed by atoms with E-state index in [1.807, 2.05) is 45.3 Å². The highest BCUT2D eigenvalue weighted by Crippen LogP contribution is 2.55. The number of benzene rings is 3. The Morgan fingerprint density at radius 3 is 0.761 bits per heavy atom. The summed E-state index contributed by atoms with van der Waals surface area (Å²) in [4.78, 5) is 22.5. The van der Waals surface area contributed by atoms with Crippen molar-refractivity contribution in [1.29, 1.82) is 0 Å². The Morgan fingerprint density at radius 1 is 0.248 bits per heavy atom. The fourth-order valence-corrected chi connectivity index (χ4v) is 46.0.